The van der Waals surface area contributed by atoms with Gasteiger partial charge in [-0.2, -0.15) is 0 Å². The summed E-state index contributed by atoms with van der Waals surface area (Å²) in [5, 5.41) is 3.59. The van der Waals surface area contributed by atoms with Gasteiger partial charge in [0.2, 0.25) is 0 Å². The Balaban J connectivity index is 1.83. The number of rotatable bonds is 5. The van der Waals surface area contributed by atoms with Crippen LogP contribution in [0.4, 0.5) is 0 Å². The van der Waals surface area contributed by atoms with Crippen LogP contribution >= 0.6 is 0 Å². The van der Waals surface area contributed by atoms with Gasteiger partial charge in [0.05, 0.1) is 0 Å². The molecule has 0 aromatic rings. The summed E-state index contributed by atoms with van der Waals surface area (Å²) >= 11 is 0. The van der Waals surface area contributed by atoms with Crippen molar-refractivity contribution in [3.05, 3.63) is 0 Å². The minimum Gasteiger partial charge on any atom is -0.381 e. The van der Waals surface area contributed by atoms with Crippen molar-refractivity contribution >= 4 is 0 Å². The van der Waals surface area contributed by atoms with Crippen molar-refractivity contribution in [3.63, 3.8) is 0 Å². The van der Waals surface area contributed by atoms with E-state index in [1.807, 2.05) is 0 Å². The third-order valence-electron chi connectivity index (χ3n) is 4.95. The van der Waals surface area contributed by atoms with Gasteiger partial charge in [0, 0.05) is 13.2 Å². The molecule has 1 saturated heterocycles. The van der Waals surface area contributed by atoms with Crippen LogP contribution in [0, 0.1) is 17.8 Å². The number of hydrogen-bond acceptors (Lipinski definition) is 2. The Morgan fingerprint density at radius 2 is 1.67 bits per heavy atom. The summed E-state index contributed by atoms with van der Waals surface area (Å²) in [5.41, 5.74) is 0. The molecule has 2 fully saturated rings. The van der Waals surface area contributed by atoms with Gasteiger partial charge in [-0.25, -0.2) is 0 Å². The van der Waals surface area contributed by atoms with Crippen LogP contribution in [0.1, 0.15) is 58.3 Å². The van der Waals surface area contributed by atoms with E-state index in [9.17, 15) is 0 Å². The Hall–Kier alpha value is -0.0800. The fourth-order valence-electron chi connectivity index (χ4n) is 3.78. The second-order valence-electron chi connectivity index (χ2n) is 6.26. The predicted molar refractivity (Wildman–Crippen MR) is 76.8 cm³/mol. The molecule has 1 N–H and O–H groups in total. The van der Waals surface area contributed by atoms with Crippen molar-refractivity contribution in [3.8, 4) is 0 Å². The molecule has 1 heterocycles. The molecule has 2 rings (SSSR count). The van der Waals surface area contributed by atoms with Gasteiger partial charge < -0.3 is 10.1 Å². The maximum Gasteiger partial charge on any atom is 0.0468 e. The Bertz CT molecular complexity index is 213. The zero-order valence-electron chi connectivity index (χ0n) is 12.1. The number of ether oxygens (including phenoxy) is 1. The standard InChI is InChI=1S/C16H31NO/c1-2-17-13-16-7-5-3-4-6-15(16)12-14-8-10-18-11-9-14/h14-17H,2-13H2,1H3. The van der Waals surface area contributed by atoms with E-state index >= 15 is 0 Å². The van der Waals surface area contributed by atoms with Gasteiger partial charge in [0.25, 0.3) is 0 Å². The molecule has 0 aromatic carbocycles. The van der Waals surface area contributed by atoms with Crippen molar-refractivity contribution in [2.45, 2.75) is 58.3 Å². The maximum atomic E-state index is 5.49. The highest BCUT2D eigenvalue weighted by Crippen LogP contribution is 2.35. The van der Waals surface area contributed by atoms with Crippen LogP contribution in [0.15, 0.2) is 0 Å². The van der Waals surface area contributed by atoms with Crippen LogP contribution in [-0.4, -0.2) is 26.3 Å². The van der Waals surface area contributed by atoms with Crippen LogP contribution in [0.2, 0.25) is 0 Å². The van der Waals surface area contributed by atoms with Crippen molar-refractivity contribution in [2.24, 2.45) is 17.8 Å². The fourth-order valence-corrected chi connectivity index (χ4v) is 3.78. The minimum atomic E-state index is 0.940. The molecule has 1 aliphatic heterocycles. The van der Waals surface area contributed by atoms with Crippen molar-refractivity contribution in [2.75, 3.05) is 26.3 Å². The van der Waals surface area contributed by atoms with Crippen molar-refractivity contribution < 1.29 is 4.74 Å². The summed E-state index contributed by atoms with van der Waals surface area (Å²) in [6, 6.07) is 0. The highest BCUT2D eigenvalue weighted by molar-refractivity contribution is 4.79. The molecule has 0 bridgehead atoms. The summed E-state index contributed by atoms with van der Waals surface area (Å²) in [4.78, 5) is 0. The third-order valence-corrected chi connectivity index (χ3v) is 4.95. The van der Waals surface area contributed by atoms with E-state index in [4.69, 9.17) is 4.74 Å². The number of hydrogen-bond donors (Lipinski definition) is 1. The summed E-state index contributed by atoms with van der Waals surface area (Å²) in [5.74, 6) is 2.87. The Kier molecular flexibility index (Phi) is 6.50. The van der Waals surface area contributed by atoms with E-state index in [1.165, 1.54) is 57.9 Å². The molecule has 1 saturated carbocycles. The zero-order chi connectivity index (χ0) is 12.6. The van der Waals surface area contributed by atoms with E-state index in [2.05, 4.69) is 12.2 Å². The van der Waals surface area contributed by atoms with Gasteiger partial charge in [-0.15, -0.1) is 0 Å². The van der Waals surface area contributed by atoms with Gasteiger partial charge in [-0.3, -0.25) is 0 Å². The molecule has 2 unspecified atom stereocenters. The molecule has 0 amide bonds. The highest BCUT2D eigenvalue weighted by atomic mass is 16.5. The summed E-state index contributed by atoms with van der Waals surface area (Å²) in [6.45, 7) is 6.62. The van der Waals surface area contributed by atoms with E-state index in [0.29, 0.717) is 0 Å². The molecule has 1 aliphatic carbocycles. The first-order valence-electron chi connectivity index (χ1n) is 8.18. The van der Waals surface area contributed by atoms with Crippen molar-refractivity contribution in [1.29, 1.82) is 0 Å². The fraction of sp³-hybridized carbons (Fsp3) is 1.00. The first-order chi connectivity index (χ1) is 8.90. The lowest BCUT2D eigenvalue weighted by molar-refractivity contribution is 0.0538. The van der Waals surface area contributed by atoms with Crippen LogP contribution in [-0.2, 0) is 4.74 Å². The average Bonchev–Trinajstić information content (AvgIpc) is 2.63. The maximum absolute atomic E-state index is 5.49. The largest absolute Gasteiger partial charge is 0.381 e. The Labute approximate surface area is 113 Å². The number of nitrogens with one attached hydrogen (secondary N) is 1. The zero-order valence-corrected chi connectivity index (χ0v) is 12.1. The Morgan fingerprint density at radius 1 is 0.944 bits per heavy atom. The molecule has 2 atom stereocenters. The van der Waals surface area contributed by atoms with E-state index in [-0.39, 0.29) is 0 Å². The Morgan fingerprint density at radius 3 is 2.39 bits per heavy atom. The predicted octanol–water partition coefficient (Wildman–Crippen LogP) is 3.61. The molecule has 0 spiro atoms. The van der Waals surface area contributed by atoms with E-state index < -0.39 is 0 Å². The smallest absolute Gasteiger partial charge is 0.0468 e. The van der Waals surface area contributed by atoms with E-state index in [1.54, 1.807) is 0 Å². The van der Waals surface area contributed by atoms with Crippen LogP contribution in [0.25, 0.3) is 0 Å². The molecule has 18 heavy (non-hydrogen) atoms. The van der Waals surface area contributed by atoms with Gasteiger partial charge >= 0.3 is 0 Å². The lowest BCUT2D eigenvalue weighted by Gasteiger charge is -2.31. The quantitative estimate of drug-likeness (QED) is 0.756. The SMILES string of the molecule is CCNCC1CCCCCC1CC1CCOCC1. The summed E-state index contributed by atoms with van der Waals surface area (Å²) in [6.07, 6.45) is 11.4. The monoisotopic (exact) mass is 253 g/mol. The molecule has 106 valence electrons. The second-order valence-corrected chi connectivity index (χ2v) is 6.26. The lowest BCUT2D eigenvalue weighted by atomic mass is 9.79. The van der Waals surface area contributed by atoms with Crippen LogP contribution in [0.3, 0.4) is 0 Å². The molecule has 2 aliphatic rings. The highest BCUT2D eigenvalue weighted by Gasteiger charge is 2.26. The summed E-state index contributed by atoms with van der Waals surface area (Å²) < 4.78 is 5.49. The molecule has 2 nitrogen and oxygen atoms in total. The van der Waals surface area contributed by atoms with Crippen LogP contribution in [0.5, 0.6) is 0 Å². The van der Waals surface area contributed by atoms with Gasteiger partial charge in [0.15, 0.2) is 0 Å². The van der Waals surface area contributed by atoms with E-state index in [0.717, 1.165) is 37.5 Å². The molecule has 0 radical (unpaired) electrons. The minimum absolute atomic E-state index is 0.940. The van der Waals surface area contributed by atoms with Gasteiger partial charge in [-0.05, 0) is 56.5 Å². The third kappa shape index (κ3) is 4.55. The first kappa shape index (κ1) is 14.3. The first-order valence-corrected chi connectivity index (χ1v) is 8.18. The molecule has 2 heteroatoms. The van der Waals surface area contributed by atoms with Crippen molar-refractivity contribution in [1.82, 2.24) is 5.32 Å². The molecule has 0 aromatic heterocycles. The molecular weight excluding hydrogens is 222 g/mol. The average molecular weight is 253 g/mol. The second kappa shape index (κ2) is 8.16. The topological polar surface area (TPSA) is 21.3 Å². The normalized spacial score (nSPS) is 31.2. The van der Waals surface area contributed by atoms with Gasteiger partial charge in [0.1, 0.15) is 0 Å². The molecular formula is C16H31NO. The van der Waals surface area contributed by atoms with Gasteiger partial charge in [-0.1, -0.05) is 32.6 Å². The van der Waals surface area contributed by atoms with Crippen LogP contribution < -0.4 is 5.32 Å². The lowest BCUT2D eigenvalue weighted by Crippen LogP contribution is -2.30. The summed E-state index contributed by atoms with van der Waals surface area (Å²) in [7, 11) is 0.